The van der Waals surface area contributed by atoms with Crippen LogP contribution in [0.5, 0.6) is 0 Å². The van der Waals surface area contributed by atoms with Gasteiger partial charge in [0.15, 0.2) is 18.4 Å². The lowest BCUT2D eigenvalue weighted by molar-refractivity contribution is -0.169. The number of nitrogens with one attached hydrogen (secondary N) is 1. The van der Waals surface area contributed by atoms with Gasteiger partial charge in [-0.3, -0.25) is 0 Å². The summed E-state index contributed by atoms with van der Waals surface area (Å²) >= 11 is 0. The lowest BCUT2D eigenvalue weighted by Crippen LogP contribution is -2.51. The van der Waals surface area contributed by atoms with Crippen molar-refractivity contribution in [3.8, 4) is 11.3 Å². The molecule has 1 aromatic heterocycles. The molecule has 1 saturated carbocycles. The van der Waals surface area contributed by atoms with E-state index in [4.69, 9.17) is 23.4 Å². The third-order valence-corrected chi connectivity index (χ3v) is 12.3. The molecule has 13 heteroatoms. The highest BCUT2D eigenvalue weighted by molar-refractivity contribution is 7.89. The van der Waals surface area contributed by atoms with E-state index in [9.17, 15) is 18.3 Å². The minimum atomic E-state index is -4.10. The summed E-state index contributed by atoms with van der Waals surface area (Å²) in [7, 11) is -4.10. The first kappa shape index (κ1) is 34.1. The van der Waals surface area contributed by atoms with Crippen LogP contribution in [0, 0.1) is 17.8 Å². The Morgan fingerprint density at radius 2 is 1.86 bits per heavy atom. The standard InChI is InChI=1S/C36H45N3O9S/c40-31(30(15-24-9-5-4-6-10-24)38-36(41)48-34-27-17-28-29(34)22-46-35(28)45-21-27)19-39-13-7-2-1-3-8-14-44-20-26-16-25(32-18-37-23-47-32)11-12-33(26)49(39,42)43/h4-6,9-12,16,18,23,27-31,34-35,40H,1-3,7-8,13-15,17,19-22H2,(H,38,41)/t27?,28?,29-,30+,31-,34+,35+/m1/s1. The number of alkyl carbamates (subject to hydrolysis) is 1. The molecule has 2 saturated heterocycles. The minimum absolute atomic E-state index is 0.0750. The Morgan fingerprint density at radius 1 is 1.04 bits per heavy atom. The second kappa shape index (κ2) is 15.3. The molecule has 3 fully saturated rings. The Bertz CT molecular complexity index is 1660. The van der Waals surface area contributed by atoms with Crippen LogP contribution < -0.4 is 5.32 Å². The molecule has 2 aromatic carbocycles. The molecule has 0 radical (unpaired) electrons. The van der Waals surface area contributed by atoms with Crippen molar-refractivity contribution in [1.82, 2.24) is 14.6 Å². The van der Waals surface area contributed by atoms with Gasteiger partial charge in [-0.25, -0.2) is 18.2 Å². The zero-order valence-corrected chi connectivity index (χ0v) is 28.3. The average molecular weight is 696 g/mol. The molecule has 0 spiro atoms. The summed E-state index contributed by atoms with van der Waals surface area (Å²) in [5.74, 6) is 0.909. The van der Waals surface area contributed by atoms with Crippen molar-refractivity contribution in [1.29, 1.82) is 0 Å². The Morgan fingerprint density at radius 3 is 2.69 bits per heavy atom. The number of aliphatic hydroxyl groups excluding tert-OH is 1. The fourth-order valence-corrected chi connectivity index (χ4v) is 9.44. The molecule has 2 bridgehead atoms. The second-order valence-corrected chi connectivity index (χ2v) is 15.5. The van der Waals surface area contributed by atoms with Gasteiger partial charge in [-0.2, -0.15) is 4.31 Å². The van der Waals surface area contributed by atoms with E-state index in [0.29, 0.717) is 43.1 Å². The fourth-order valence-electron chi connectivity index (χ4n) is 7.75. The lowest BCUT2D eigenvalue weighted by atomic mass is 9.98. The van der Waals surface area contributed by atoms with E-state index in [-0.39, 0.29) is 61.2 Å². The summed E-state index contributed by atoms with van der Waals surface area (Å²) in [6.45, 7) is 1.60. The van der Waals surface area contributed by atoms with Gasteiger partial charge in [0.1, 0.15) is 6.10 Å². The van der Waals surface area contributed by atoms with E-state index in [1.807, 2.05) is 30.3 Å². The first-order valence-corrected chi connectivity index (χ1v) is 18.8. The Hall–Kier alpha value is -3.33. The summed E-state index contributed by atoms with van der Waals surface area (Å²) in [4.78, 5) is 17.6. The zero-order chi connectivity index (χ0) is 33.8. The van der Waals surface area contributed by atoms with Crippen molar-refractivity contribution >= 4 is 16.1 Å². The van der Waals surface area contributed by atoms with Crippen LogP contribution in [0.25, 0.3) is 11.3 Å². The number of benzene rings is 2. The molecular weight excluding hydrogens is 650 g/mol. The summed E-state index contributed by atoms with van der Waals surface area (Å²) < 4.78 is 59.3. The predicted octanol–water partition coefficient (Wildman–Crippen LogP) is 4.52. The maximum atomic E-state index is 14.5. The summed E-state index contributed by atoms with van der Waals surface area (Å²) in [5, 5.41) is 14.7. The molecule has 2 N–H and O–H groups in total. The number of oxazole rings is 1. The van der Waals surface area contributed by atoms with Gasteiger partial charge < -0.3 is 33.8 Å². The van der Waals surface area contributed by atoms with E-state index in [2.05, 4.69) is 10.3 Å². The first-order chi connectivity index (χ1) is 23.9. The molecule has 1 amide bonds. The van der Waals surface area contributed by atoms with Crippen LogP contribution in [0.1, 0.15) is 49.7 Å². The molecule has 3 aromatic rings. The molecular formula is C36H45N3O9S. The summed E-state index contributed by atoms with van der Waals surface area (Å²) in [5.41, 5.74) is 2.08. The van der Waals surface area contributed by atoms with Crippen LogP contribution >= 0.6 is 0 Å². The fraction of sp³-hybridized carbons (Fsp3) is 0.556. The summed E-state index contributed by atoms with van der Waals surface area (Å²) in [6, 6.07) is 13.7. The summed E-state index contributed by atoms with van der Waals surface area (Å²) in [6.07, 6.45) is 5.92. The number of aliphatic hydroxyl groups is 1. The van der Waals surface area contributed by atoms with Gasteiger partial charge in [0, 0.05) is 43.0 Å². The molecule has 49 heavy (non-hydrogen) atoms. The minimum Gasteiger partial charge on any atom is -0.445 e. The number of sulfonamides is 1. The van der Waals surface area contributed by atoms with Crippen LogP contribution in [0.4, 0.5) is 4.79 Å². The molecule has 2 unspecified atom stereocenters. The van der Waals surface area contributed by atoms with Crippen molar-refractivity contribution in [2.24, 2.45) is 17.8 Å². The number of ether oxygens (including phenoxy) is 4. The number of rotatable bonds is 8. The highest BCUT2D eigenvalue weighted by atomic mass is 32.2. The van der Waals surface area contributed by atoms with E-state index < -0.39 is 28.3 Å². The number of β-amino-alcohol motifs (C(OH)–C–C–N with tert-alkyl or cyclic N) is 1. The van der Waals surface area contributed by atoms with Gasteiger partial charge in [-0.15, -0.1) is 0 Å². The van der Waals surface area contributed by atoms with Gasteiger partial charge >= 0.3 is 6.09 Å². The number of nitrogens with zero attached hydrogens (tertiary/aromatic N) is 2. The monoisotopic (exact) mass is 695 g/mol. The van der Waals surface area contributed by atoms with Crippen LogP contribution in [0.2, 0.25) is 0 Å². The van der Waals surface area contributed by atoms with E-state index in [0.717, 1.165) is 37.7 Å². The van der Waals surface area contributed by atoms with Crippen LogP contribution in [0.3, 0.4) is 0 Å². The number of carbonyl (C=O) groups excluding carboxylic acids is 1. The first-order valence-electron chi connectivity index (χ1n) is 17.4. The number of hydrogen-bond donors (Lipinski definition) is 2. The molecule has 1 aliphatic carbocycles. The Kier molecular flexibility index (Phi) is 10.6. The van der Waals surface area contributed by atoms with Gasteiger partial charge in [0.2, 0.25) is 10.0 Å². The zero-order valence-electron chi connectivity index (χ0n) is 27.5. The van der Waals surface area contributed by atoms with Crippen LogP contribution in [-0.2, 0) is 42.0 Å². The van der Waals surface area contributed by atoms with E-state index in [1.54, 1.807) is 24.4 Å². The smallest absolute Gasteiger partial charge is 0.407 e. The Labute approximate surface area is 287 Å². The number of carbonyl (C=O) groups is 1. The van der Waals surface area contributed by atoms with Gasteiger partial charge in [-0.05, 0) is 55.0 Å². The highest BCUT2D eigenvalue weighted by Gasteiger charge is 2.56. The van der Waals surface area contributed by atoms with Crippen LogP contribution in [0.15, 0.2) is 70.4 Å². The topological polar surface area (TPSA) is 150 Å². The molecule has 4 aliphatic rings. The number of amides is 1. The Balaban J connectivity index is 1.13. The van der Waals surface area contributed by atoms with Crippen molar-refractivity contribution in [2.75, 3.05) is 32.9 Å². The number of hydrogen-bond acceptors (Lipinski definition) is 10. The third-order valence-electron chi connectivity index (χ3n) is 10.3. The van der Waals surface area contributed by atoms with Crippen LogP contribution in [-0.4, -0.2) is 86.4 Å². The molecule has 12 nitrogen and oxygen atoms in total. The SMILES string of the molecule is O=C(N[C@@H](Cc1ccccc1)[C@H](O)CN1CCCCCCCOCc2cc(-c3cnco3)ccc2S1(=O)=O)O[C@H]1C2CO[C@H]3OC[C@@H]1C3C2. The molecule has 264 valence electrons. The maximum Gasteiger partial charge on any atom is 0.407 e. The number of fused-ring (bicyclic) bond motifs is 2. The maximum absolute atomic E-state index is 14.5. The normalized spacial score (nSPS) is 28.3. The second-order valence-electron chi connectivity index (χ2n) is 13.6. The van der Waals surface area contributed by atoms with Crippen molar-refractivity contribution in [2.45, 2.75) is 81.0 Å². The number of aromatic nitrogens is 1. The molecule has 7 rings (SSSR count). The largest absolute Gasteiger partial charge is 0.445 e. The van der Waals surface area contributed by atoms with E-state index in [1.165, 1.54) is 10.7 Å². The van der Waals surface area contributed by atoms with Gasteiger partial charge in [0.05, 0.1) is 43.1 Å². The van der Waals surface area contributed by atoms with Crippen molar-refractivity contribution in [3.63, 3.8) is 0 Å². The molecule has 3 aliphatic heterocycles. The van der Waals surface area contributed by atoms with Gasteiger partial charge in [-0.1, -0.05) is 49.6 Å². The predicted molar refractivity (Wildman–Crippen MR) is 178 cm³/mol. The molecule has 4 heterocycles. The van der Waals surface area contributed by atoms with Crippen molar-refractivity contribution in [3.05, 3.63) is 72.2 Å². The highest BCUT2D eigenvalue weighted by Crippen LogP contribution is 2.49. The lowest BCUT2D eigenvalue weighted by Gasteiger charge is -2.31. The van der Waals surface area contributed by atoms with E-state index >= 15 is 0 Å². The van der Waals surface area contributed by atoms with Gasteiger partial charge in [0.25, 0.3) is 0 Å². The van der Waals surface area contributed by atoms with Crippen molar-refractivity contribution < 1.29 is 41.7 Å². The third kappa shape index (κ3) is 7.72. The molecule has 7 atom stereocenters. The average Bonchev–Trinajstić information content (AvgIpc) is 3.84. The quantitative estimate of drug-likeness (QED) is 0.345.